The second-order valence-corrected chi connectivity index (χ2v) is 8.33. The number of carbonyl (C=O) groups excluding carboxylic acids is 2. The van der Waals surface area contributed by atoms with E-state index in [1.807, 2.05) is 6.92 Å². The molecule has 1 aliphatic heterocycles. The molecule has 0 atom stereocenters. The summed E-state index contributed by atoms with van der Waals surface area (Å²) in [5.74, 6) is -0.202. The number of likely N-dealkylation sites (N-methyl/N-ethyl adjacent to an activating group) is 1. The van der Waals surface area contributed by atoms with Crippen molar-refractivity contribution in [2.75, 3.05) is 46.1 Å². The van der Waals surface area contributed by atoms with Crippen molar-refractivity contribution in [3.8, 4) is 0 Å². The summed E-state index contributed by atoms with van der Waals surface area (Å²) in [7, 11) is -1.81. The molecule has 1 rings (SSSR count). The first-order valence-electron chi connectivity index (χ1n) is 8.83. The van der Waals surface area contributed by atoms with Crippen LogP contribution in [0.2, 0.25) is 0 Å². The Morgan fingerprint density at radius 3 is 2.28 bits per heavy atom. The largest absolute Gasteiger partial charge is 0.450 e. The van der Waals surface area contributed by atoms with Crippen LogP contribution in [0, 0.1) is 0 Å². The Balaban J connectivity index is 2.69. The highest BCUT2D eigenvalue weighted by Gasteiger charge is 2.33. The SMILES string of the molecule is CCCCN(C)C(=O)CN(C1CCN(C(=O)OCC)CC1)S(C)(=O)=O. The van der Waals surface area contributed by atoms with Gasteiger partial charge in [-0.3, -0.25) is 4.79 Å². The second kappa shape index (κ2) is 9.96. The highest BCUT2D eigenvalue weighted by Crippen LogP contribution is 2.20. The summed E-state index contributed by atoms with van der Waals surface area (Å²) in [6, 6.07) is -0.274. The molecule has 1 fully saturated rings. The monoisotopic (exact) mass is 377 g/mol. The normalized spacial score (nSPS) is 16.1. The van der Waals surface area contributed by atoms with Crippen molar-refractivity contribution in [3.05, 3.63) is 0 Å². The molecule has 0 aromatic carbocycles. The molecule has 25 heavy (non-hydrogen) atoms. The Hall–Kier alpha value is -1.35. The highest BCUT2D eigenvalue weighted by atomic mass is 32.2. The first-order chi connectivity index (χ1) is 11.7. The third-order valence-electron chi connectivity index (χ3n) is 4.39. The van der Waals surface area contributed by atoms with Crippen molar-refractivity contribution in [3.63, 3.8) is 0 Å². The molecular weight excluding hydrogens is 346 g/mol. The van der Waals surface area contributed by atoms with Gasteiger partial charge in [-0.15, -0.1) is 0 Å². The van der Waals surface area contributed by atoms with E-state index in [1.54, 1.807) is 23.8 Å². The molecule has 0 aliphatic carbocycles. The molecule has 1 saturated heterocycles. The van der Waals surface area contributed by atoms with Gasteiger partial charge in [0.1, 0.15) is 0 Å². The van der Waals surface area contributed by atoms with Gasteiger partial charge in [0, 0.05) is 32.7 Å². The first kappa shape index (κ1) is 21.7. The van der Waals surface area contributed by atoms with Crippen molar-refractivity contribution >= 4 is 22.0 Å². The number of rotatable bonds is 8. The Bertz CT molecular complexity index is 544. The number of unbranched alkanes of at least 4 members (excludes halogenated alkanes) is 1. The molecule has 1 heterocycles. The molecule has 0 aromatic heterocycles. The summed E-state index contributed by atoms with van der Waals surface area (Å²) >= 11 is 0. The van der Waals surface area contributed by atoms with Crippen LogP contribution in [0.4, 0.5) is 4.79 Å². The summed E-state index contributed by atoms with van der Waals surface area (Å²) in [6.07, 6.45) is 3.61. The Morgan fingerprint density at radius 1 is 1.20 bits per heavy atom. The lowest BCUT2D eigenvalue weighted by Gasteiger charge is -2.37. The van der Waals surface area contributed by atoms with Crippen LogP contribution in [-0.2, 0) is 19.6 Å². The van der Waals surface area contributed by atoms with Crippen molar-refractivity contribution in [2.24, 2.45) is 0 Å². The predicted octanol–water partition coefficient (Wildman–Crippen LogP) is 1.13. The average Bonchev–Trinajstić information content (AvgIpc) is 2.56. The minimum absolute atomic E-state index is 0.150. The van der Waals surface area contributed by atoms with Crippen LogP contribution in [0.5, 0.6) is 0 Å². The van der Waals surface area contributed by atoms with E-state index in [-0.39, 0.29) is 24.6 Å². The maximum Gasteiger partial charge on any atom is 0.409 e. The van der Waals surface area contributed by atoms with Gasteiger partial charge >= 0.3 is 6.09 Å². The Morgan fingerprint density at radius 2 is 1.80 bits per heavy atom. The minimum Gasteiger partial charge on any atom is -0.450 e. The van der Waals surface area contributed by atoms with Crippen molar-refractivity contribution in [2.45, 2.75) is 45.6 Å². The van der Waals surface area contributed by atoms with Gasteiger partial charge in [0.2, 0.25) is 15.9 Å². The lowest BCUT2D eigenvalue weighted by Crippen LogP contribution is -2.51. The lowest BCUT2D eigenvalue weighted by molar-refractivity contribution is -0.130. The van der Waals surface area contributed by atoms with Gasteiger partial charge < -0.3 is 14.5 Å². The summed E-state index contributed by atoms with van der Waals surface area (Å²) in [6.45, 7) is 5.42. The van der Waals surface area contributed by atoms with Crippen LogP contribution in [0.1, 0.15) is 39.5 Å². The van der Waals surface area contributed by atoms with Gasteiger partial charge in [0.25, 0.3) is 0 Å². The number of hydrogen-bond acceptors (Lipinski definition) is 5. The molecule has 0 N–H and O–H groups in total. The fourth-order valence-corrected chi connectivity index (χ4v) is 3.94. The van der Waals surface area contributed by atoms with Crippen LogP contribution in [0.3, 0.4) is 0 Å². The molecule has 1 aliphatic rings. The zero-order chi connectivity index (χ0) is 19.0. The standard InChI is InChI=1S/C16H31N3O5S/c1-5-7-10-17(3)15(20)13-19(25(4,22)23)14-8-11-18(12-9-14)16(21)24-6-2/h14H,5-13H2,1-4H3. The zero-order valence-electron chi connectivity index (χ0n) is 15.7. The number of likely N-dealkylation sites (tertiary alicyclic amines) is 1. The quantitative estimate of drug-likeness (QED) is 0.633. The predicted molar refractivity (Wildman–Crippen MR) is 95.7 cm³/mol. The average molecular weight is 378 g/mol. The second-order valence-electron chi connectivity index (χ2n) is 6.39. The molecule has 0 radical (unpaired) electrons. The lowest BCUT2D eigenvalue weighted by atomic mass is 10.1. The van der Waals surface area contributed by atoms with E-state index in [0.29, 0.717) is 39.1 Å². The molecule has 8 nitrogen and oxygen atoms in total. The molecule has 9 heteroatoms. The molecule has 0 unspecified atom stereocenters. The number of hydrogen-bond donors (Lipinski definition) is 0. The molecule has 0 saturated carbocycles. The maximum absolute atomic E-state index is 12.3. The number of carbonyl (C=O) groups is 2. The smallest absolute Gasteiger partial charge is 0.409 e. The fraction of sp³-hybridized carbons (Fsp3) is 0.875. The van der Waals surface area contributed by atoms with E-state index >= 15 is 0 Å². The number of sulfonamides is 1. The highest BCUT2D eigenvalue weighted by molar-refractivity contribution is 7.88. The summed E-state index contributed by atoms with van der Waals surface area (Å²) in [5.41, 5.74) is 0. The van der Waals surface area contributed by atoms with Gasteiger partial charge in [0.05, 0.1) is 19.4 Å². The molecule has 0 aromatic rings. The number of nitrogens with zero attached hydrogens (tertiary/aromatic N) is 3. The van der Waals surface area contributed by atoms with Crippen LogP contribution >= 0.6 is 0 Å². The van der Waals surface area contributed by atoms with Crippen LogP contribution in [0.15, 0.2) is 0 Å². The third-order valence-corrected chi connectivity index (χ3v) is 5.67. The Kier molecular flexibility index (Phi) is 8.64. The number of piperidine rings is 1. The van der Waals surface area contributed by atoms with Crippen LogP contribution < -0.4 is 0 Å². The van der Waals surface area contributed by atoms with Gasteiger partial charge in [0.15, 0.2) is 0 Å². The van der Waals surface area contributed by atoms with Crippen molar-refractivity contribution in [1.29, 1.82) is 0 Å². The summed E-state index contributed by atoms with van der Waals surface area (Å²) < 4.78 is 30.6. The summed E-state index contributed by atoms with van der Waals surface area (Å²) in [5, 5.41) is 0. The maximum atomic E-state index is 12.3. The van der Waals surface area contributed by atoms with E-state index in [2.05, 4.69) is 0 Å². The van der Waals surface area contributed by atoms with E-state index in [4.69, 9.17) is 4.74 Å². The topological polar surface area (TPSA) is 87.2 Å². The number of amides is 2. The van der Waals surface area contributed by atoms with Gasteiger partial charge in [-0.25, -0.2) is 13.2 Å². The van der Waals surface area contributed by atoms with Crippen molar-refractivity contribution in [1.82, 2.24) is 14.1 Å². The zero-order valence-corrected chi connectivity index (χ0v) is 16.5. The van der Waals surface area contributed by atoms with Gasteiger partial charge in [-0.2, -0.15) is 4.31 Å². The molecule has 2 amide bonds. The third kappa shape index (κ3) is 6.81. The van der Waals surface area contributed by atoms with Gasteiger partial charge in [-0.05, 0) is 26.2 Å². The molecule has 0 spiro atoms. The molecular formula is C16H31N3O5S. The van der Waals surface area contributed by atoms with E-state index in [1.165, 1.54) is 4.31 Å². The first-order valence-corrected chi connectivity index (χ1v) is 10.7. The molecule has 146 valence electrons. The number of ether oxygens (including phenoxy) is 1. The van der Waals surface area contributed by atoms with Crippen molar-refractivity contribution < 1.29 is 22.7 Å². The van der Waals surface area contributed by atoms with E-state index < -0.39 is 10.0 Å². The van der Waals surface area contributed by atoms with Gasteiger partial charge in [-0.1, -0.05) is 13.3 Å². The summed E-state index contributed by atoms with van der Waals surface area (Å²) in [4.78, 5) is 27.2. The van der Waals surface area contributed by atoms with E-state index in [0.717, 1.165) is 19.1 Å². The molecule has 0 bridgehead atoms. The fourth-order valence-electron chi connectivity index (χ4n) is 2.84. The van der Waals surface area contributed by atoms with E-state index in [9.17, 15) is 18.0 Å². The van der Waals surface area contributed by atoms with Crippen LogP contribution in [-0.4, -0.2) is 86.7 Å². The Labute approximate surface area is 151 Å². The minimum atomic E-state index is -3.51. The van der Waals surface area contributed by atoms with Crippen LogP contribution in [0.25, 0.3) is 0 Å².